The molecule has 0 aliphatic carbocycles. The molecule has 0 aromatic carbocycles. The Morgan fingerprint density at radius 1 is 1.69 bits per heavy atom. The SMILES string of the molecule is CCC(C)(OC)c1nc(CN)cs1. The largest absolute Gasteiger partial charge is 0.371 e. The van der Waals surface area contributed by atoms with Gasteiger partial charge in [-0.15, -0.1) is 11.3 Å². The van der Waals surface area contributed by atoms with E-state index in [1.54, 1.807) is 18.4 Å². The van der Waals surface area contributed by atoms with Crippen LogP contribution in [0.2, 0.25) is 0 Å². The van der Waals surface area contributed by atoms with Crippen molar-refractivity contribution in [2.45, 2.75) is 32.4 Å². The van der Waals surface area contributed by atoms with E-state index in [0.717, 1.165) is 17.1 Å². The lowest BCUT2D eigenvalue weighted by Gasteiger charge is -2.23. The van der Waals surface area contributed by atoms with Crippen molar-refractivity contribution >= 4 is 11.3 Å². The average molecular weight is 200 g/mol. The predicted molar refractivity (Wildman–Crippen MR) is 54.7 cm³/mol. The van der Waals surface area contributed by atoms with Crippen LogP contribution in [0.25, 0.3) is 0 Å². The lowest BCUT2D eigenvalue weighted by molar-refractivity contribution is -0.00166. The first-order chi connectivity index (χ1) is 6.16. The van der Waals surface area contributed by atoms with Crippen molar-refractivity contribution in [3.05, 3.63) is 16.1 Å². The molecule has 0 amide bonds. The highest BCUT2D eigenvalue weighted by Gasteiger charge is 2.27. The maximum Gasteiger partial charge on any atom is 0.125 e. The quantitative estimate of drug-likeness (QED) is 0.807. The summed E-state index contributed by atoms with van der Waals surface area (Å²) >= 11 is 1.61. The molecular weight excluding hydrogens is 184 g/mol. The van der Waals surface area contributed by atoms with Crippen molar-refractivity contribution in [1.82, 2.24) is 4.98 Å². The van der Waals surface area contributed by atoms with Gasteiger partial charge in [0.15, 0.2) is 0 Å². The van der Waals surface area contributed by atoms with E-state index < -0.39 is 0 Å². The van der Waals surface area contributed by atoms with Crippen molar-refractivity contribution in [2.24, 2.45) is 5.73 Å². The third-order valence-electron chi connectivity index (χ3n) is 2.34. The highest BCUT2D eigenvalue weighted by Crippen LogP contribution is 2.30. The molecule has 13 heavy (non-hydrogen) atoms. The number of rotatable bonds is 4. The van der Waals surface area contributed by atoms with E-state index in [2.05, 4.69) is 11.9 Å². The minimum Gasteiger partial charge on any atom is -0.371 e. The van der Waals surface area contributed by atoms with Gasteiger partial charge in [0.25, 0.3) is 0 Å². The summed E-state index contributed by atoms with van der Waals surface area (Å²) in [6.45, 7) is 4.64. The van der Waals surface area contributed by atoms with Crippen molar-refractivity contribution in [3.63, 3.8) is 0 Å². The zero-order valence-electron chi connectivity index (χ0n) is 8.33. The van der Waals surface area contributed by atoms with Gasteiger partial charge in [-0.05, 0) is 13.3 Å². The molecule has 2 N–H and O–H groups in total. The van der Waals surface area contributed by atoms with Gasteiger partial charge in [-0.1, -0.05) is 6.92 Å². The van der Waals surface area contributed by atoms with E-state index in [1.807, 2.05) is 12.3 Å². The fourth-order valence-corrected chi connectivity index (χ4v) is 2.07. The van der Waals surface area contributed by atoms with Crippen LogP contribution < -0.4 is 5.73 Å². The Kier molecular flexibility index (Phi) is 3.41. The number of nitrogens with zero attached hydrogens (tertiary/aromatic N) is 1. The fraction of sp³-hybridized carbons (Fsp3) is 0.667. The number of hydrogen-bond donors (Lipinski definition) is 1. The van der Waals surface area contributed by atoms with E-state index in [1.165, 1.54) is 0 Å². The number of thiazole rings is 1. The Morgan fingerprint density at radius 3 is 2.77 bits per heavy atom. The molecule has 1 aromatic rings. The van der Waals surface area contributed by atoms with Crippen molar-refractivity contribution in [3.8, 4) is 0 Å². The normalized spacial score (nSPS) is 15.7. The monoisotopic (exact) mass is 200 g/mol. The third-order valence-corrected chi connectivity index (χ3v) is 3.47. The molecule has 3 nitrogen and oxygen atoms in total. The number of hydrogen-bond acceptors (Lipinski definition) is 4. The van der Waals surface area contributed by atoms with E-state index >= 15 is 0 Å². The van der Waals surface area contributed by atoms with Gasteiger partial charge in [0, 0.05) is 19.0 Å². The number of nitrogens with two attached hydrogens (primary N) is 1. The molecule has 0 aliphatic rings. The first-order valence-electron chi connectivity index (χ1n) is 4.36. The van der Waals surface area contributed by atoms with Gasteiger partial charge >= 0.3 is 0 Å². The Morgan fingerprint density at radius 2 is 2.38 bits per heavy atom. The summed E-state index contributed by atoms with van der Waals surface area (Å²) in [7, 11) is 1.72. The van der Waals surface area contributed by atoms with Gasteiger partial charge in [-0.2, -0.15) is 0 Å². The number of aromatic nitrogens is 1. The Hall–Kier alpha value is -0.450. The standard InChI is InChI=1S/C9H16N2OS/c1-4-9(2,12-3)8-11-7(5-10)6-13-8/h6H,4-5,10H2,1-3H3. The summed E-state index contributed by atoms with van der Waals surface area (Å²) in [6, 6.07) is 0. The summed E-state index contributed by atoms with van der Waals surface area (Å²) in [4.78, 5) is 4.41. The van der Waals surface area contributed by atoms with E-state index in [-0.39, 0.29) is 5.60 Å². The summed E-state index contributed by atoms with van der Waals surface area (Å²) in [5, 5.41) is 3.00. The second-order valence-corrected chi connectivity index (χ2v) is 3.99. The summed E-state index contributed by atoms with van der Waals surface area (Å²) in [5.41, 5.74) is 6.18. The second kappa shape index (κ2) is 4.17. The van der Waals surface area contributed by atoms with Gasteiger partial charge < -0.3 is 10.5 Å². The van der Waals surface area contributed by atoms with Crippen LogP contribution in [0.5, 0.6) is 0 Å². The van der Waals surface area contributed by atoms with Gasteiger partial charge in [0.05, 0.1) is 5.69 Å². The molecule has 0 aliphatic heterocycles. The number of ether oxygens (including phenoxy) is 1. The minimum absolute atomic E-state index is 0.252. The van der Waals surface area contributed by atoms with Gasteiger partial charge in [-0.25, -0.2) is 4.98 Å². The van der Waals surface area contributed by atoms with Crippen LogP contribution in [-0.4, -0.2) is 12.1 Å². The smallest absolute Gasteiger partial charge is 0.125 e. The van der Waals surface area contributed by atoms with E-state index in [4.69, 9.17) is 10.5 Å². The second-order valence-electron chi connectivity index (χ2n) is 3.14. The Balaban J connectivity index is 2.91. The molecule has 0 fully saturated rings. The maximum atomic E-state index is 5.49. The molecule has 0 saturated heterocycles. The maximum absolute atomic E-state index is 5.49. The average Bonchev–Trinajstić information content (AvgIpc) is 2.65. The molecule has 1 heterocycles. The highest BCUT2D eigenvalue weighted by atomic mass is 32.1. The molecule has 1 rings (SSSR count). The van der Waals surface area contributed by atoms with Crippen molar-refractivity contribution < 1.29 is 4.74 Å². The summed E-state index contributed by atoms with van der Waals surface area (Å²) < 4.78 is 5.44. The Labute approximate surface area is 82.9 Å². The molecule has 74 valence electrons. The fourth-order valence-electron chi connectivity index (χ4n) is 1.03. The molecule has 0 bridgehead atoms. The van der Waals surface area contributed by atoms with Gasteiger partial charge in [-0.3, -0.25) is 0 Å². The lowest BCUT2D eigenvalue weighted by Crippen LogP contribution is -2.23. The predicted octanol–water partition coefficient (Wildman–Crippen LogP) is 1.87. The summed E-state index contributed by atoms with van der Waals surface area (Å²) in [6.07, 6.45) is 0.918. The van der Waals surface area contributed by atoms with E-state index in [9.17, 15) is 0 Å². The molecular formula is C9H16N2OS. The third kappa shape index (κ3) is 2.07. The number of methoxy groups -OCH3 is 1. The van der Waals surface area contributed by atoms with Crippen LogP contribution in [-0.2, 0) is 16.9 Å². The van der Waals surface area contributed by atoms with Crippen molar-refractivity contribution in [1.29, 1.82) is 0 Å². The van der Waals surface area contributed by atoms with Crippen molar-refractivity contribution in [2.75, 3.05) is 7.11 Å². The van der Waals surface area contributed by atoms with Crippen LogP contribution in [0, 0.1) is 0 Å². The molecule has 1 atom stereocenters. The van der Waals surface area contributed by atoms with Gasteiger partial charge in [0.1, 0.15) is 10.6 Å². The topological polar surface area (TPSA) is 48.1 Å². The lowest BCUT2D eigenvalue weighted by atomic mass is 10.1. The first kappa shape index (κ1) is 10.6. The molecule has 1 unspecified atom stereocenters. The minimum atomic E-state index is -0.252. The highest BCUT2D eigenvalue weighted by molar-refractivity contribution is 7.09. The van der Waals surface area contributed by atoms with Crippen LogP contribution in [0.15, 0.2) is 5.38 Å². The van der Waals surface area contributed by atoms with Crippen LogP contribution in [0.1, 0.15) is 31.0 Å². The van der Waals surface area contributed by atoms with Gasteiger partial charge in [0.2, 0.25) is 0 Å². The zero-order chi connectivity index (χ0) is 9.90. The molecule has 0 saturated carbocycles. The molecule has 1 aromatic heterocycles. The molecule has 0 spiro atoms. The molecule has 4 heteroatoms. The van der Waals surface area contributed by atoms with E-state index in [0.29, 0.717) is 6.54 Å². The first-order valence-corrected chi connectivity index (χ1v) is 5.24. The van der Waals surface area contributed by atoms with Crippen LogP contribution >= 0.6 is 11.3 Å². The Bertz CT molecular complexity index is 268. The molecule has 0 radical (unpaired) electrons. The van der Waals surface area contributed by atoms with Crippen LogP contribution in [0.4, 0.5) is 0 Å². The zero-order valence-corrected chi connectivity index (χ0v) is 9.15. The van der Waals surface area contributed by atoms with Crippen LogP contribution in [0.3, 0.4) is 0 Å². The summed E-state index contributed by atoms with van der Waals surface area (Å²) in [5.74, 6) is 0.